The van der Waals surface area contributed by atoms with Crippen molar-refractivity contribution in [1.29, 1.82) is 0 Å². The van der Waals surface area contributed by atoms with Crippen molar-refractivity contribution in [2.45, 2.75) is 51.7 Å². The first kappa shape index (κ1) is 14.8. The molecule has 110 valence electrons. The van der Waals surface area contributed by atoms with Gasteiger partial charge in [0.15, 0.2) is 0 Å². The Hall–Kier alpha value is -1.62. The molecule has 5 nitrogen and oxygen atoms in total. The van der Waals surface area contributed by atoms with Crippen LogP contribution in [0.5, 0.6) is 0 Å². The van der Waals surface area contributed by atoms with Crippen LogP contribution < -0.4 is 5.73 Å². The Morgan fingerprint density at radius 2 is 2.25 bits per heavy atom. The van der Waals surface area contributed by atoms with Gasteiger partial charge in [0, 0.05) is 6.07 Å². The van der Waals surface area contributed by atoms with E-state index in [1.807, 2.05) is 0 Å². The molecule has 5 heteroatoms. The molecule has 0 spiro atoms. The number of hydrogen-bond acceptors (Lipinski definition) is 4. The van der Waals surface area contributed by atoms with Crippen molar-refractivity contribution in [3.63, 3.8) is 0 Å². The number of benzene rings is 1. The van der Waals surface area contributed by atoms with E-state index in [2.05, 4.69) is 6.92 Å². The van der Waals surface area contributed by atoms with Crippen LogP contribution in [0.15, 0.2) is 18.2 Å². The highest BCUT2D eigenvalue weighted by atomic mass is 16.6. The molecule has 1 aliphatic carbocycles. The number of nitro benzene ring substituents is 1. The molecule has 1 aromatic carbocycles. The van der Waals surface area contributed by atoms with Crippen LogP contribution in [-0.4, -0.2) is 11.0 Å². The molecule has 2 rings (SSSR count). The molecule has 20 heavy (non-hydrogen) atoms. The zero-order valence-electron chi connectivity index (χ0n) is 11.9. The van der Waals surface area contributed by atoms with Crippen LogP contribution in [0, 0.1) is 16.0 Å². The predicted octanol–water partition coefficient (Wildman–Crippen LogP) is 3.66. The second-order valence-electron chi connectivity index (χ2n) is 5.52. The van der Waals surface area contributed by atoms with Crippen molar-refractivity contribution in [1.82, 2.24) is 0 Å². The first-order chi connectivity index (χ1) is 9.60. The molecule has 0 aromatic heterocycles. The second-order valence-corrected chi connectivity index (χ2v) is 5.52. The molecule has 2 N–H and O–H groups in total. The van der Waals surface area contributed by atoms with Crippen molar-refractivity contribution >= 4 is 11.4 Å². The highest BCUT2D eigenvalue weighted by Gasteiger charge is 2.21. The lowest BCUT2D eigenvalue weighted by Crippen LogP contribution is -2.22. The molecule has 0 radical (unpaired) electrons. The van der Waals surface area contributed by atoms with Gasteiger partial charge >= 0.3 is 0 Å². The molecular weight excluding hydrogens is 256 g/mol. The molecule has 1 aromatic rings. The summed E-state index contributed by atoms with van der Waals surface area (Å²) in [6.07, 6.45) is 6.29. The standard InChI is InChI=1S/C15H22N2O3/c1-2-11-4-3-5-13(8-11)20-10-12-6-7-15(17(18)19)14(16)9-12/h6-7,9,11,13H,2-5,8,10,16H2,1H3. The first-order valence-electron chi connectivity index (χ1n) is 7.24. The number of nitrogens with two attached hydrogens (primary N) is 1. The third-order valence-corrected chi connectivity index (χ3v) is 4.09. The molecule has 0 saturated heterocycles. The van der Waals surface area contributed by atoms with Gasteiger partial charge in [0.2, 0.25) is 0 Å². The van der Waals surface area contributed by atoms with Crippen LogP contribution in [0.25, 0.3) is 0 Å². The van der Waals surface area contributed by atoms with Crippen LogP contribution in [0.3, 0.4) is 0 Å². The minimum atomic E-state index is -0.465. The summed E-state index contributed by atoms with van der Waals surface area (Å²) in [5.74, 6) is 0.774. The second kappa shape index (κ2) is 6.70. The van der Waals surface area contributed by atoms with Crippen LogP contribution >= 0.6 is 0 Å². The Balaban J connectivity index is 1.91. The quantitative estimate of drug-likeness (QED) is 0.506. The molecule has 1 saturated carbocycles. The lowest BCUT2D eigenvalue weighted by Gasteiger charge is -2.28. The molecule has 2 unspecified atom stereocenters. The Morgan fingerprint density at radius 1 is 1.45 bits per heavy atom. The molecule has 2 atom stereocenters. The monoisotopic (exact) mass is 278 g/mol. The Morgan fingerprint density at radius 3 is 2.90 bits per heavy atom. The fourth-order valence-electron chi connectivity index (χ4n) is 2.84. The van der Waals surface area contributed by atoms with Gasteiger partial charge in [0.25, 0.3) is 5.69 Å². The summed E-state index contributed by atoms with van der Waals surface area (Å²) in [5.41, 5.74) is 6.73. The molecule has 0 bridgehead atoms. The van der Waals surface area contributed by atoms with E-state index in [1.54, 1.807) is 12.1 Å². The Bertz CT molecular complexity index is 476. The minimum Gasteiger partial charge on any atom is -0.393 e. The zero-order chi connectivity index (χ0) is 14.5. The van der Waals surface area contributed by atoms with Crippen LogP contribution in [0.4, 0.5) is 11.4 Å². The van der Waals surface area contributed by atoms with Gasteiger partial charge in [-0.15, -0.1) is 0 Å². The van der Waals surface area contributed by atoms with E-state index in [0.717, 1.165) is 24.3 Å². The SMILES string of the molecule is CCC1CCCC(OCc2ccc([N+](=O)[O-])c(N)c2)C1. The average Bonchev–Trinajstić information content (AvgIpc) is 2.45. The molecule has 1 fully saturated rings. The van der Waals surface area contributed by atoms with E-state index in [-0.39, 0.29) is 11.4 Å². The van der Waals surface area contributed by atoms with Gasteiger partial charge in [0.05, 0.1) is 17.6 Å². The van der Waals surface area contributed by atoms with Crippen molar-refractivity contribution in [2.24, 2.45) is 5.92 Å². The van der Waals surface area contributed by atoms with Crippen LogP contribution in [0.2, 0.25) is 0 Å². The fraction of sp³-hybridized carbons (Fsp3) is 0.600. The summed E-state index contributed by atoms with van der Waals surface area (Å²) in [7, 11) is 0. The minimum absolute atomic E-state index is 0.0440. The number of ether oxygens (including phenoxy) is 1. The maximum atomic E-state index is 10.7. The van der Waals surface area contributed by atoms with Gasteiger partial charge in [-0.2, -0.15) is 0 Å². The third kappa shape index (κ3) is 3.70. The summed E-state index contributed by atoms with van der Waals surface area (Å²) >= 11 is 0. The number of nitro groups is 1. The van der Waals surface area contributed by atoms with Gasteiger partial charge in [-0.25, -0.2) is 0 Å². The van der Waals surface area contributed by atoms with E-state index in [1.165, 1.54) is 25.3 Å². The maximum absolute atomic E-state index is 10.7. The van der Waals surface area contributed by atoms with Crippen molar-refractivity contribution in [3.8, 4) is 0 Å². The number of anilines is 1. The van der Waals surface area contributed by atoms with E-state index in [4.69, 9.17) is 10.5 Å². The Kier molecular flexibility index (Phi) is 4.95. The summed E-state index contributed by atoms with van der Waals surface area (Å²) in [4.78, 5) is 10.2. The smallest absolute Gasteiger partial charge is 0.292 e. The summed E-state index contributed by atoms with van der Waals surface area (Å²) in [5, 5.41) is 10.7. The highest BCUT2D eigenvalue weighted by Crippen LogP contribution is 2.29. The molecular formula is C15H22N2O3. The summed E-state index contributed by atoms with van der Waals surface area (Å²) < 4.78 is 5.93. The number of nitrogen functional groups attached to an aromatic ring is 1. The average molecular weight is 278 g/mol. The van der Waals surface area contributed by atoms with E-state index < -0.39 is 4.92 Å². The van der Waals surface area contributed by atoms with Crippen molar-refractivity contribution < 1.29 is 9.66 Å². The van der Waals surface area contributed by atoms with E-state index in [9.17, 15) is 10.1 Å². The van der Waals surface area contributed by atoms with Crippen LogP contribution in [0.1, 0.15) is 44.6 Å². The van der Waals surface area contributed by atoms with E-state index >= 15 is 0 Å². The molecule has 0 amide bonds. The number of rotatable bonds is 5. The zero-order valence-corrected chi connectivity index (χ0v) is 11.9. The predicted molar refractivity (Wildman–Crippen MR) is 78.3 cm³/mol. The van der Waals surface area contributed by atoms with Gasteiger partial charge in [-0.1, -0.05) is 26.2 Å². The lowest BCUT2D eigenvalue weighted by atomic mass is 9.85. The third-order valence-electron chi connectivity index (χ3n) is 4.09. The van der Waals surface area contributed by atoms with Gasteiger partial charge in [0.1, 0.15) is 5.69 Å². The van der Waals surface area contributed by atoms with Gasteiger partial charge in [-0.05, 0) is 36.5 Å². The molecule has 1 aliphatic rings. The van der Waals surface area contributed by atoms with Crippen molar-refractivity contribution in [2.75, 3.05) is 5.73 Å². The van der Waals surface area contributed by atoms with Crippen molar-refractivity contribution in [3.05, 3.63) is 33.9 Å². The Labute approximate surface area is 119 Å². The van der Waals surface area contributed by atoms with Gasteiger partial charge in [-0.3, -0.25) is 10.1 Å². The molecule has 0 heterocycles. The normalized spacial score (nSPS) is 22.6. The van der Waals surface area contributed by atoms with Crippen LogP contribution in [-0.2, 0) is 11.3 Å². The summed E-state index contributed by atoms with van der Waals surface area (Å²) in [6, 6.07) is 4.80. The first-order valence-corrected chi connectivity index (χ1v) is 7.24. The lowest BCUT2D eigenvalue weighted by molar-refractivity contribution is -0.383. The molecule has 0 aliphatic heterocycles. The largest absolute Gasteiger partial charge is 0.393 e. The summed E-state index contributed by atoms with van der Waals surface area (Å²) in [6.45, 7) is 2.70. The number of hydrogen-bond donors (Lipinski definition) is 1. The fourth-order valence-corrected chi connectivity index (χ4v) is 2.84. The topological polar surface area (TPSA) is 78.4 Å². The van der Waals surface area contributed by atoms with Gasteiger partial charge < -0.3 is 10.5 Å². The highest BCUT2D eigenvalue weighted by molar-refractivity contribution is 5.59. The van der Waals surface area contributed by atoms with E-state index in [0.29, 0.717) is 12.7 Å². The maximum Gasteiger partial charge on any atom is 0.292 e. The number of nitrogens with zero attached hydrogens (tertiary/aromatic N) is 1.